The first-order valence-electron chi connectivity index (χ1n) is 38.7. The Labute approximate surface area is 522 Å². The minimum atomic E-state index is -0.660. The molecule has 2 unspecified atom stereocenters. The van der Waals surface area contributed by atoms with Gasteiger partial charge in [0.15, 0.2) is 0 Å². The Morgan fingerprint density at radius 1 is 0.289 bits per heavy atom. The van der Waals surface area contributed by atoms with E-state index in [1.165, 1.54) is 379 Å². The summed E-state index contributed by atoms with van der Waals surface area (Å²) in [5.41, 5.74) is 0. The lowest BCUT2D eigenvalue weighted by atomic mass is 10.0. The molecule has 83 heavy (non-hydrogen) atoms. The molecule has 0 fully saturated rings. The van der Waals surface area contributed by atoms with Gasteiger partial charge in [0.25, 0.3) is 0 Å². The van der Waals surface area contributed by atoms with Gasteiger partial charge in [-0.15, -0.1) is 0 Å². The highest BCUT2D eigenvalue weighted by Gasteiger charge is 2.20. The molecule has 0 aliphatic carbocycles. The lowest BCUT2D eigenvalue weighted by Gasteiger charge is -2.22. The molecule has 0 rings (SSSR count). The quantitative estimate of drug-likeness (QED) is 0.0420. The summed E-state index contributed by atoms with van der Waals surface area (Å²) < 4.78 is 0. The van der Waals surface area contributed by atoms with E-state index in [0.717, 1.165) is 38.5 Å². The first kappa shape index (κ1) is 81.6. The van der Waals surface area contributed by atoms with Crippen LogP contribution in [-0.2, 0) is 4.79 Å². The first-order valence-corrected chi connectivity index (χ1v) is 38.7. The fourth-order valence-corrected chi connectivity index (χ4v) is 12.6. The number of carbonyl (C=O) groups is 1. The third-order valence-corrected chi connectivity index (χ3v) is 18.4. The monoisotopic (exact) mass is 1160 g/mol. The van der Waals surface area contributed by atoms with Crippen LogP contribution in [0.2, 0.25) is 0 Å². The van der Waals surface area contributed by atoms with Crippen molar-refractivity contribution in [1.29, 1.82) is 0 Å². The van der Waals surface area contributed by atoms with Crippen LogP contribution in [0.1, 0.15) is 444 Å². The van der Waals surface area contributed by atoms with Gasteiger partial charge < -0.3 is 15.5 Å². The second kappa shape index (κ2) is 74.9. The van der Waals surface area contributed by atoms with Crippen LogP contribution < -0.4 is 5.32 Å². The van der Waals surface area contributed by atoms with E-state index >= 15 is 0 Å². The van der Waals surface area contributed by atoms with E-state index in [2.05, 4.69) is 55.6 Å². The molecule has 0 aliphatic heterocycles. The van der Waals surface area contributed by atoms with Crippen molar-refractivity contribution >= 4 is 5.91 Å². The van der Waals surface area contributed by atoms with Crippen LogP contribution in [0.15, 0.2) is 36.5 Å². The first-order chi connectivity index (χ1) is 41.2. The largest absolute Gasteiger partial charge is 0.394 e. The standard InChI is InChI=1S/C79H153NO3/c1-3-5-7-9-11-13-15-17-19-21-23-25-27-29-31-33-35-36-37-38-39-40-41-42-43-44-45-47-49-51-53-55-57-59-61-63-65-67-69-71-73-75-79(83)80-77(76-81)78(82)74-72-70-68-66-64-62-60-58-56-54-52-50-48-46-34-32-30-28-26-24-22-20-18-16-14-12-10-8-6-4-2/h15,17,21,23,27,29,77-78,81-82H,3-14,16,18-20,22,24-26,28,30-76H2,1-2H3,(H,80,83)/b17-15-,23-21-,29-27-. The Morgan fingerprint density at radius 3 is 0.735 bits per heavy atom. The summed E-state index contributed by atoms with van der Waals surface area (Å²) in [5, 5.41) is 23.5. The van der Waals surface area contributed by atoms with E-state index < -0.39 is 12.1 Å². The van der Waals surface area contributed by atoms with Crippen LogP contribution in [0.25, 0.3) is 0 Å². The Kier molecular flexibility index (Phi) is 73.6. The summed E-state index contributed by atoms with van der Waals surface area (Å²) in [6, 6.07) is -0.536. The number of hydrogen-bond acceptors (Lipinski definition) is 3. The Balaban J connectivity index is 3.36. The van der Waals surface area contributed by atoms with Gasteiger partial charge in [-0.2, -0.15) is 0 Å². The Bertz CT molecular complexity index is 1270. The second-order valence-corrected chi connectivity index (χ2v) is 26.8. The highest BCUT2D eigenvalue weighted by atomic mass is 16.3. The molecule has 4 nitrogen and oxygen atoms in total. The van der Waals surface area contributed by atoms with Crippen molar-refractivity contribution in [3.8, 4) is 0 Å². The SMILES string of the molecule is CCCCCCC/C=C\C/C=C\C/C=C\CCCCCCCCCCCCCCCCCCCCCCCCCCCCC(=O)NC(CO)C(O)CCCCCCCCCCCCCCCCCCCCCCCCCCCCCCCC. The number of rotatable bonds is 73. The molecule has 0 bridgehead atoms. The normalized spacial score (nSPS) is 12.8. The van der Waals surface area contributed by atoms with Crippen molar-refractivity contribution in [3.63, 3.8) is 0 Å². The third-order valence-electron chi connectivity index (χ3n) is 18.4. The Hall–Kier alpha value is -1.39. The lowest BCUT2D eigenvalue weighted by molar-refractivity contribution is -0.123. The number of unbranched alkanes of at least 4 members (excludes halogenated alkanes) is 60. The number of amides is 1. The molecule has 0 heterocycles. The maximum Gasteiger partial charge on any atom is 0.220 e. The summed E-state index contributed by atoms with van der Waals surface area (Å²) in [6.07, 6.45) is 104. The minimum Gasteiger partial charge on any atom is -0.394 e. The topological polar surface area (TPSA) is 69.6 Å². The molecular weight excluding hydrogens is 1010 g/mol. The molecule has 0 saturated carbocycles. The van der Waals surface area contributed by atoms with E-state index in [9.17, 15) is 15.0 Å². The van der Waals surface area contributed by atoms with Gasteiger partial charge >= 0.3 is 0 Å². The summed E-state index contributed by atoms with van der Waals surface area (Å²) >= 11 is 0. The molecule has 4 heteroatoms. The van der Waals surface area contributed by atoms with Crippen LogP contribution in [0.4, 0.5) is 0 Å². The summed E-state index contributed by atoms with van der Waals surface area (Å²) in [7, 11) is 0. The molecule has 0 saturated heterocycles. The van der Waals surface area contributed by atoms with Gasteiger partial charge in [-0.05, 0) is 51.4 Å². The van der Waals surface area contributed by atoms with Gasteiger partial charge in [-0.1, -0.05) is 423 Å². The molecule has 0 aromatic heterocycles. The number of aliphatic hydroxyl groups excluding tert-OH is 2. The number of nitrogens with one attached hydrogen (secondary N) is 1. The summed E-state index contributed by atoms with van der Waals surface area (Å²) in [4.78, 5) is 12.6. The molecule has 2 atom stereocenters. The van der Waals surface area contributed by atoms with Crippen LogP contribution >= 0.6 is 0 Å². The van der Waals surface area contributed by atoms with E-state index in [1.54, 1.807) is 0 Å². The summed E-state index contributed by atoms with van der Waals surface area (Å²) in [6.45, 7) is 4.40. The van der Waals surface area contributed by atoms with Crippen LogP contribution in [0.3, 0.4) is 0 Å². The molecule has 0 aliphatic rings. The zero-order valence-corrected chi connectivity index (χ0v) is 57.0. The van der Waals surface area contributed by atoms with E-state index in [-0.39, 0.29) is 12.5 Å². The third kappa shape index (κ3) is 71.3. The average Bonchev–Trinajstić information content (AvgIpc) is 3.51. The molecule has 0 radical (unpaired) electrons. The van der Waals surface area contributed by atoms with Crippen molar-refractivity contribution in [1.82, 2.24) is 5.32 Å². The van der Waals surface area contributed by atoms with E-state index in [0.29, 0.717) is 12.8 Å². The molecule has 0 aromatic rings. The minimum absolute atomic E-state index is 0.0207. The van der Waals surface area contributed by atoms with Crippen LogP contribution in [0, 0.1) is 0 Å². The van der Waals surface area contributed by atoms with Gasteiger partial charge in [-0.25, -0.2) is 0 Å². The molecule has 3 N–H and O–H groups in total. The lowest BCUT2D eigenvalue weighted by Crippen LogP contribution is -2.45. The number of aliphatic hydroxyl groups is 2. The highest BCUT2D eigenvalue weighted by Crippen LogP contribution is 2.20. The fourth-order valence-electron chi connectivity index (χ4n) is 12.6. The van der Waals surface area contributed by atoms with Gasteiger partial charge in [0.05, 0.1) is 18.8 Å². The van der Waals surface area contributed by atoms with E-state index in [4.69, 9.17) is 0 Å². The van der Waals surface area contributed by atoms with Crippen LogP contribution in [-0.4, -0.2) is 34.9 Å². The van der Waals surface area contributed by atoms with Crippen LogP contribution in [0.5, 0.6) is 0 Å². The number of carbonyl (C=O) groups excluding carboxylic acids is 1. The van der Waals surface area contributed by atoms with Crippen molar-refractivity contribution in [2.45, 2.75) is 456 Å². The maximum absolute atomic E-state index is 12.6. The second-order valence-electron chi connectivity index (χ2n) is 26.8. The van der Waals surface area contributed by atoms with Gasteiger partial charge in [0.2, 0.25) is 5.91 Å². The van der Waals surface area contributed by atoms with Gasteiger partial charge in [0.1, 0.15) is 0 Å². The molecule has 0 spiro atoms. The van der Waals surface area contributed by atoms with Crippen molar-refractivity contribution in [2.75, 3.05) is 6.61 Å². The summed E-state index contributed by atoms with van der Waals surface area (Å²) in [5.74, 6) is -0.0207. The number of hydrogen-bond donors (Lipinski definition) is 3. The zero-order chi connectivity index (χ0) is 59.8. The van der Waals surface area contributed by atoms with Gasteiger partial charge in [-0.3, -0.25) is 4.79 Å². The highest BCUT2D eigenvalue weighted by molar-refractivity contribution is 5.76. The Morgan fingerprint density at radius 2 is 0.494 bits per heavy atom. The van der Waals surface area contributed by atoms with E-state index in [1.807, 2.05) is 0 Å². The predicted octanol–water partition coefficient (Wildman–Crippen LogP) is 26.7. The van der Waals surface area contributed by atoms with Crippen molar-refractivity contribution in [2.24, 2.45) is 0 Å². The molecular formula is C79H153NO3. The molecule has 492 valence electrons. The maximum atomic E-state index is 12.6. The molecule has 0 aromatic carbocycles. The smallest absolute Gasteiger partial charge is 0.220 e. The number of allylic oxidation sites excluding steroid dienone is 6. The zero-order valence-electron chi connectivity index (χ0n) is 57.0. The van der Waals surface area contributed by atoms with Crippen molar-refractivity contribution in [3.05, 3.63) is 36.5 Å². The molecule has 1 amide bonds. The van der Waals surface area contributed by atoms with Gasteiger partial charge in [0, 0.05) is 6.42 Å². The fraction of sp³-hybridized carbons (Fsp3) is 0.911. The average molecular weight is 1170 g/mol. The van der Waals surface area contributed by atoms with Crippen molar-refractivity contribution < 1.29 is 15.0 Å². The predicted molar refractivity (Wildman–Crippen MR) is 373 cm³/mol.